The Kier molecular flexibility index (Phi) is 4.66. The zero-order chi connectivity index (χ0) is 17.2. The third kappa shape index (κ3) is 3.82. The molecule has 1 aliphatic heterocycles. The molecule has 1 amide bonds. The molecule has 2 aromatic rings. The summed E-state index contributed by atoms with van der Waals surface area (Å²) >= 11 is 0. The van der Waals surface area contributed by atoms with Gasteiger partial charge in [-0.2, -0.15) is 0 Å². The molecule has 0 bridgehead atoms. The van der Waals surface area contributed by atoms with Crippen molar-refractivity contribution in [2.45, 2.75) is 19.0 Å². The summed E-state index contributed by atoms with van der Waals surface area (Å²) in [5, 5.41) is 0. The minimum Gasteiger partial charge on any atom is -0.330 e. The molecular weight excluding hydrogens is 329 g/mol. The van der Waals surface area contributed by atoms with Crippen LogP contribution in [-0.2, 0) is 16.4 Å². The van der Waals surface area contributed by atoms with Crippen molar-refractivity contribution in [3.05, 3.63) is 71.5 Å². The summed E-state index contributed by atoms with van der Waals surface area (Å²) < 4.78 is 37.1. The van der Waals surface area contributed by atoms with Gasteiger partial charge < -0.3 is 4.90 Å². The monoisotopic (exact) mass is 347 g/mol. The van der Waals surface area contributed by atoms with E-state index in [1.54, 1.807) is 41.3 Å². The summed E-state index contributed by atoms with van der Waals surface area (Å²) in [5.41, 5.74) is 1.14. The maximum atomic E-state index is 13.4. The largest absolute Gasteiger partial charge is 0.330 e. The molecule has 2 aromatic carbocycles. The molecule has 1 aliphatic rings. The van der Waals surface area contributed by atoms with Crippen LogP contribution in [0.5, 0.6) is 0 Å². The van der Waals surface area contributed by atoms with Gasteiger partial charge in [0.2, 0.25) is 0 Å². The molecule has 0 radical (unpaired) electrons. The Hall–Kier alpha value is -2.21. The first-order valence-corrected chi connectivity index (χ1v) is 9.58. The van der Waals surface area contributed by atoms with Gasteiger partial charge in [0.15, 0.2) is 9.84 Å². The molecule has 0 aliphatic carbocycles. The van der Waals surface area contributed by atoms with Crippen LogP contribution in [0.2, 0.25) is 0 Å². The van der Waals surface area contributed by atoms with Crippen molar-refractivity contribution in [2.75, 3.05) is 11.5 Å². The average molecular weight is 347 g/mol. The van der Waals surface area contributed by atoms with Gasteiger partial charge in [0.1, 0.15) is 5.82 Å². The number of sulfone groups is 1. The SMILES string of the molecule is O=C(c1ccccc1)N(Cc1cccc(F)c1)[C@H]1CCS(=O)(=O)C1. The van der Waals surface area contributed by atoms with E-state index in [-0.39, 0.29) is 35.8 Å². The Morgan fingerprint density at radius 1 is 1.12 bits per heavy atom. The number of hydrogen-bond acceptors (Lipinski definition) is 3. The molecule has 24 heavy (non-hydrogen) atoms. The van der Waals surface area contributed by atoms with Crippen molar-refractivity contribution < 1.29 is 17.6 Å². The average Bonchev–Trinajstić information content (AvgIpc) is 2.93. The minimum atomic E-state index is -3.12. The van der Waals surface area contributed by atoms with Crippen LogP contribution in [0.25, 0.3) is 0 Å². The van der Waals surface area contributed by atoms with Crippen LogP contribution in [0.4, 0.5) is 4.39 Å². The first-order chi connectivity index (χ1) is 11.4. The number of halogens is 1. The molecule has 0 N–H and O–H groups in total. The Labute approximate surface area is 140 Å². The molecule has 126 valence electrons. The lowest BCUT2D eigenvalue weighted by Gasteiger charge is -2.28. The van der Waals surface area contributed by atoms with Gasteiger partial charge in [0.25, 0.3) is 5.91 Å². The maximum Gasteiger partial charge on any atom is 0.254 e. The molecule has 1 fully saturated rings. The predicted octanol–water partition coefficient (Wildman–Crippen LogP) is 2.66. The number of nitrogens with zero attached hydrogens (tertiary/aromatic N) is 1. The highest BCUT2D eigenvalue weighted by atomic mass is 32.2. The highest BCUT2D eigenvalue weighted by Crippen LogP contribution is 2.22. The molecule has 6 heteroatoms. The highest BCUT2D eigenvalue weighted by Gasteiger charge is 2.35. The van der Waals surface area contributed by atoms with Gasteiger partial charge in [-0.15, -0.1) is 0 Å². The second-order valence-corrected chi connectivity index (χ2v) is 8.21. The number of rotatable bonds is 4. The summed E-state index contributed by atoms with van der Waals surface area (Å²) in [6.45, 7) is 0.186. The molecule has 1 saturated heterocycles. The quantitative estimate of drug-likeness (QED) is 0.854. The molecule has 1 atom stereocenters. The topological polar surface area (TPSA) is 54.5 Å². The number of carbonyl (C=O) groups is 1. The summed E-state index contributed by atoms with van der Waals surface area (Å²) in [5.74, 6) is -0.569. The molecule has 1 heterocycles. The van der Waals surface area contributed by atoms with Gasteiger partial charge in [-0.3, -0.25) is 4.79 Å². The summed E-state index contributed by atoms with van der Waals surface area (Å²) in [4.78, 5) is 14.4. The number of carbonyl (C=O) groups excluding carboxylic acids is 1. The van der Waals surface area contributed by atoms with Gasteiger partial charge in [-0.05, 0) is 36.2 Å². The second kappa shape index (κ2) is 6.73. The summed E-state index contributed by atoms with van der Waals surface area (Å²) in [6.07, 6.45) is 0.413. The van der Waals surface area contributed by atoms with E-state index in [4.69, 9.17) is 0 Å². The summed E-state index contributed by atoms with van der Waals surface area (Å²) in [7, 11) is -3.12. The van der Waals surface area contributed by atoms with E-state index in [9.17, 15) is 17.6 Å². The van der Waals surface area contributed by atoms with Crippen molar-refractivity contribution >= 4 is 15.7 Å². The van der Waals surface area contributed by atoms with E-state index in [1.807, 2.05) is 6.07 Å². The Morgan fingerprint density at radius 3 is 2.50 bits per heavy atom. The number of hydrogen-bond donors (Lipinski definition) is 0. The van der Waals surface area contributed by atoms with Crippen LogP contribution >= 0.6 is 0 Å². The lowest BCUT2D eigenvalue weighted by molar-refractivity contribution is 0.0680. The fraction of sp³-hybridized carbons (Fsp3) is 0.278. The predicted molar refractivity (Wildman–Crippen MR) is 89.8 cm³/mol. The second-order valence-electron chi connectivity index (χ2n) is 5.99. The number of benzene rings is 2. The van der Waals surface area contributed by atoms with E-state index in [0.717, 1.165) is 0 Å². The highest BCUT2D eigenvalue weighted by molar-refractivity contribution is 7.91. The maximum absolute atomic E-state index is 13.4. The van der Waals surface area contributed by atoms with E-state index < -0.39 is 9.84 Å². The molecule has 0 saturated carbocycles. The van der Waals surface area contributed by atoms with Gasteiger partial charge in [-0.25, -0.2) is 12.8 Å². The van der Waals surface area contributed by atoms with Gasteiger partial charge >= 0.3 is 0 Å². The number of amides is 1. The molecule has 0 unspecified atom stereocenters. The Balaban J connectivity index is 1.90. The van der Waals surface area contributed by atoms with Crippen LogP contribution in [0.3, 0.4) is 0 Å². The molecular formula is C18H18FNO3S. The van der Waals surface area contributed by atoms with Crippen molar-refractivity contribution in [3.8, 4) is 0 Å². The fourth-order valence-corrected chi connectivity index (χ4v) is 4.70. The van der Waals surface area contributed by atoms with Crippen LogP contribution in [0.15, 0.2) is 54.6 Å². The van der Waals surface area contributed by atoms with Crippen molar-refractivity contribution in [3.63, 3.8) is 0 Å². The molecule has 4 nitrogen and oxygen atoms in total. The summed E-state index contributed by atoms with van der Waals surface area (Å²) in [6, 6.07) is 14.4. The normalized spacial score (nSPS) is 19.1. The van der Waals surface area contributed by atoms with Crippen LogP contribution < -0.4 is 0 Å². The first kappa shape index (κ1) is 16.6. The van der Waals surface area contributed by atoms with E-state index >= 15 is 0 Å². The van der Waals surface area contributed by atoms with Crippen molar-refractivity contribution in [1.29, 1.82) is 0 Å². The van der Waals surface area contributed by atoms with Crippen molar-refractivity contribution in [2.24, 2.45) is 0 Å². The van der Waals surface area contributed by atoms with E-state index in [2.05, 4.69) is 0 Å². The first-order valence-electron chi connectivity index (χ1n) is 7.75. The standard InChI is InChI=1S/C18H18FNO3S/c19-16-8-4-5-14(11-16)12-20(17-9-10-24(22,23)13-17)18(21)15-6-2-1-3-7-15/h1-8,11,17H,9-10,12-13H2/t17-/m0/s1. The third-order valence-electron chi connectivity index (χ3n) is 4.17. The smallest absolute Gasteiger partial charge is 0.254 e. The Bertz CT molecular complexity index is 836. The third-order valence-corrected chi connectivity index (χ3v) is 5.92. The lowest BCUT2D eigenvalue weighted by atomic mass is 10.1. The van der Waals surface area contributed by atoms with Gasteiger partial charge in [0.05, 0.1) is 11.5 Å². The van der Waals surface area contributed by atoms with Gasteiger partial charge in [0, 0.05) is 18.2 Å². The van der Waals surface area contributed by atoms with E-state index in [0.29, 0.717) is 17.5 Å². The van der Waals surface area contributed by atoms with Crippen LogP contribution in [0.1, 0.15) is 22.3 Å². The van der Waals surface area contributed by atoms with Gasteiger partial charge in [-0.1, -0.05) is 30.3 Å². The fourth-order valence-electron chi connectivity index (χ4n) is 2.97. The molecule has 3 rings (SSSR count). The zero-order valence-corrected chi connectivity index (χ0v) is 13.9. The van der Waals surface area contributed by atoms with Crippen LogP contribution in [-0.4, -0.2) is 36.8 Å². The minimum absolute atomic E-state index is 0.0408. The molecule has 0 aromatic heterocycles. The lowest BCUT2D eigenvalue weighted by Crippen LogP contribution is -2.40. The Morgan fingerprint density at radius 2 is 1.88 bits per heavy atom. The molecule has 0 spiro atoms. The van der Waals surface area contributed by atoms with Crippen LogP contribution in [0, 0.1) is 5.82 Å². The van der Waals surface area contributed by atoms with Crippen molar-refractivity contribution in [1.82, 2.24) is 4.90 Å². The zero-order valence-electron chi connectivity index (χ0n) is 13.1. The van der Waals surface area contributed by atoms with E-state index in [1.165, 1.54) is 12.1 Å².